The van der Waals surface area contributed by atoms with Crippen molar-refractivity contribution in [1.29, 1.82) is 0 Å². The first kappa shape index (κ1) is 14.1. The van der Waals surface area contributed by atoms with Gasteiger partial charge in [0.2, 0.25) is 11.8 Å². The van der Waals surface area contributed by atoms with Crippen LogP contribution in [-0.4, -0.2) is 36.1 Å². The van der Waals surface area contributed by atoms with Crippen molar-refractivity contribution >= 4 is 17.5 Å². The summed E-state index contributed by atoms with van der Waals surface area (Å²) in [5, 5.41) is 14.4. The van der Waals surface area contributed by atoms with E-state index in [0.717, 1.165) is 5.56 Å². The molecule has 0 radical (unpaired) electrons. The lowest BCUT2D eigenvalue weighted by Crippen LogP contribution is -2.40. The molecule has 6 nitrogen and oxygen atoms in total. The fourth-order valence-electron chi connectivity index (χ4n) is 1.35. The number of aliphatic hydroxyl groups excluding tert-OH is 1. The Labute approximate surface area is 105 Å². The molecule has 1 aromatic rings. The van der Waals surface area contributed by atoms with Gasteiger partial charge in [-0.15, -0.1) is 0 Å². The molecule has 2 amide bonds. The minimum atomic E-state index is -1.28. The molecular weight excluding hydrogens is 234 g/mol. The fourth-order valence-corrected chi connectivity index (χ4v) is 1.35. The van der Waals surface area contributed by atoms with E-state index in [9.17, 15) is 9.59 Å². The van der Waals surface area contributed by atoms with Crippen LogP contribution in [0.15, 0.2) is 24.3 Å². The highest BCUT2D eigenvalue weighted by molar-refractivity contribution is 5.92. The lowest BCUT2D eigenvalue weighted by Gasteiger charge is -2.09. The number of anilines is 1. The van der Waals surface area contributed by atoms with Gasteiger partial charge in [-0.2, -0.15) is 0 Å². The molecule has 0 bridgehead atoms. The third-order valence-corrected chi connectivity index (χ3v) is 2.25. The molecule has 0 saturated heterocycles. The summed E-state index contributed by atoms with van der Waals surface area (Å²) in [6.45, 7) is 1.88. The topological polar surface area (TPSA) is 104 Å². The molecule has 0 aliphatic carbocycles. The summed E-state index contributed by atoms with van der Waals surface area (Å²) < 4.78 is 0. The maximum Gasteiger partial charge on any atom is 0.247 e. The van der Waals surface area contributed by atoms with E-state index in [0.29, 0.717) is 5.69 Å². The third-order valence-electron chi connectivity index (χ3n) is 2.25. The van der Waals surface area contributed by atoms with Crippen LogP contribution in [0.3, 0.4) is 0 Å². The highest BCUT2D eigenvalue weighted by Gasteiger charge is 2.10. The number of hydrogen-bond acceptors (Lipinski definition) is 4. The number of primary amides is 1. The van der Waals surface area contributed by atoms with Crippen molar-refractivity contribution in [3.05, 3.63) is 29.8 Å². The minimum Gasteiger partial charge on any atom is -0.382 e. The molecule has 98 valence electrons. The number of carbonyl (C=O) groups excluding carboxylic acids is 2. The van der Waals surface area contributed by atoms with E-state index in [1.807, 2.05) is 25.1 Å². The van der Waals surface area contributed by atoms with Gasteiger partial charge in [-0.1, -0.05) is 12.1 Å². The standard InChI is InChI=1S/C12H17N3O3/c1-8-3-2-4-9(5-8)15-11(17)7-14-6-10(16)12(13)18/h2-5,10,14,16H,6-7H2,1H3,(H2,13,18)(H,15,17). The van der Waals surface area contributed by atoms with Crippen LogP contribution in [-0.2, 0) is 9.59 Å². The number of nitrogens with one attached hydrogen (secondary N) is 2. The number of aryl methyl sites for hydroxylation is 1. The third kappa shape index (κ3) is 4.94. The number of benzene rings is 1. The Balaban J connectivity index is 2.32. The molecule has 1 aromatic carbocycles. The molecule has 5 N–H and O–H groups in total. The Kier molecular flexibility index (Phi) is 5.29. The average molecular weight is 251 g/mol. The molecular formula is C12H17N3O3. The van der Waals surface area contributed by atoms with Gasteiger partial charge in [0.1, 0.15) is 6.10 Å². The molecule has 0 aliphatic heterocycles. The van der Waals surface area contributed by atoms with Crippen molar-refractivity contribution in [3.63, 3.8) is 0 Å². The molecule has 0 spiro atoms. The SMILES string of the molecule is Cc1cccc(NC(=O)CNCC(O)C(N)=O)c1. The maximum atomic E-state index is 11.5. The second-order valence-electron chi connectivity index (χ2n) is 3.97. The van der Waals surface area contributed by atoms with Crippen LogP contribution < -0.4 is 16.4 Å². The molecule has 0 aromatic heterocycles. The molecule has 1 unspecified atom stereocenters. The van der Waals surface area contributed by atoms with Crippen molar-refractivity contribution in [2.75, 3.05) is 18.4 Å². The van der Waals surface area contributed by atoms with Gasteiger partial charge < -0.3 is 21.5 Å². The summed E-state index contributed by atoms with van der Waals surface area (Å²) in [5.74, 6) is -1.07. The molecule has 0 fully saturated rings. The molecule has 0 aliphatic rings. The Hall–Kier alpha value is -1.92. The summed E-state index contributed by atoms with van der Waals surface area (Å²) in [4.78, 5) is 22.0. The number of aliphatic hydroxyl groups is 1. The Bertz CT molecular complexity index is 434. The van der Waals surface area contributed by atoms with Crippen LogP contribution in [0.5, 0.6) is 0 Å². The quantitative estimate of drug-likeness (QED) is 0.540. The molecule has 0 heterocycles. The van der Waals surface area contributed by atoms with E-state index in [-0.39, 0.29) is 19.0 Å². The number of nitrogens with two attached hydrogens (primary N) is 1. The summed E-state index contributed by atoms with van der Waals surface area (Å²) in [6, 6.07) is 7.39. The van der Waals surface area contributed by atoms with Crippen LogP contribution >= 0.6 is 0 Å². The van der Waals surface area contributed by atoms with Crippen molar-refractivity contribution in [2.24, 2.45) is 5.73 Å². The highest BCUT2D eigenvalue weighted by atomic mass is 16.3. The van der Waals surface area contributed by atoms with E-state index in [1.54, 1.807) is 6.07 Å². The van der Waals surface area contributed by atoms with Crippen LogP contribution in [0.1, 0.15) is 5.56 Å². The fraction of sp³-hybridized carbons (Fsp3) is 0.333. The van der Waals surface area contributed by atoms with Crippen LogP contribution in [0.4, 0.5) is 5.69 Å². The number of amides is 2. The van der Waals surface area contributed by atoms with Gasteiger partial charge in [0, 0.05) is 12.2 Å². The molecule has 0 saturated carbocycles. The Morgan fingerprint density at radius 3 is 2.78 bits per heavy atom. The van der Waals surface area contributed by atoms with Gasteiger partial charge in [0.15, 0.2) is 0 Å². The Morgan fingerprint density at radius 2 is 2.17 bits per heavy atom. The van der Waals surface area contributed by atoms with E-state index < -0.39 is 12.0 Å². The summed E-state index contributed by atoms with van der Waals surface area (Å²) in [5.41, 5.74) is 6.62. The molecule has 1 rings (SSSR count). The maximum absolute atomic E-state index is 11.5. The second-order valence-corrected chi connectivity index (χ2v) is 3.97. The van der Waals surface area contributed by atoms with Crippen molar-refractivity contribution in [1.82, 2.24) is 5.32 Å². The van der Waals surface area contributed by atoms with Gasteiger partial charge in [-0.3, -0.25) is 9.59 Å². The zero-order valence-corrected chi connectivity index (χ0v) is 10.1. The predicted octanol–water partition coefficient (Wildman–Crippen LogP) is -0.631. The van der Waals surface area contributed by atoms with Gasteiger partial charge in [0.25, 0.3) is 0 Å². The molecule has 6 heteroatoms. The minimum absolute atomic E-state index is 0.00170. The normalized spacial score (nSPS) is 11.9. The van der Waals surface area contributed by atoms with Crippen LogP contribution in [0.2, 0.25) is 0 Å². The number of carbonyl (C=O) groups is 2. The Morgan fingerprint density at radius 1 is 1.44 bits per heavy atom. The van der Waals surface area contributed by atoms with Crippen molar-refractivity contribution in [2.45, 2.75) is 13.0 Å². The summed E-state index contributed by atoms with van der Waals surface area (Å²) >= 11 is 0. The number of rotatable bonds is 6. The molecule has 18 heavy (non-hydrogen) atoms. The number of hydrogen-bond donors (Lipinski definition) is 4. The summed E-state index contributed by atoms with van der Waals surface area (Å²) in [7, 11) is 0. The summed E-state index contributed by atoms with van der Waals surface area (Å²) in [6.07, 6.45) is -1.28. The second kappa shape index (κ2) is 6.73. The zero-order chi connectivity index (χ0) is 13.5. The lowest BCUT2D eigenvalue weighted by atomic mass is 10.2. The van der Waals surface area contributed by atoms with Gasteiger partial charge in [-0.25, -0.2) is 0 Å². The first-order valence-electron chi connectivity index (χ1n) is 5.53. The smallest absolute Gasteiger partial charge is 0.247 e. The van der Waals surface area contributed by atoms with Crippen molar-refractivity contribution in [3.8, 4) is 0 Å². The monoisotopic (exact) mass is 251 g/mol. The highest BCUT2D eigenvalue weighted by Crippen LogP contribution is 2.08. The first-order chi connectivity index (χ1) is 8.49. The zero-order valence-electron chi connectivity index (χ0n) is 10.1. The van der Waals surface area contributed by atoms with E-state index in [1.165, 1.54) is 0 Å². The van der Waals surface area contributed by atoms with Gasteiger partial charge in [-0.05, 0) is 24.6 Å². The van der Waals surface area contributed by atoms with Crippen LogP contribution in [0, 0.1) is 6.92 Å². The van der Waals surface area contributed by atoms with E-state index in [4.69, 9.17) is 10.8 Å². The van der Waals surface area contributed by atoms with E-state index >= 15 is 0 Å². The van der Waals surface area contributed by atoms with Gasteiger partial charge in [0.05, 0.1) is 6.54 Å². The predicted molar refractivity (Wildman–Crippen MR) is 67.9 cm³/mol. The van der Waals surface area contributed by atoms with Crippen molar-refractivity contribution < 1.29 is 14.7 Å². The van der Waals surface area contributed by atoms with E-state index in [2.05, 4.69) is 10.6 Å². The first-order valence-corrected chi connectivity index (χ1v) is 5.53. The molecule has 1 atom stereocenters. The lowest BCUT2D eigenvalue weighted by molar-refractivity contribution is -0.126. The largest absolute Gasteiger partial charge is 0.382 e. The van der Waals surface area contributed by atoms with Crippen LogP contribution in [0.25, 0.3) is 0 Å². The average Bonchev–Trinajstić information content (AvgIpc) is 2.28. The van der Waals surface area contributed by atoms with Gasteiger partial charge >= 0.3 is 0 Å².